The summed E-state index contributed by atoms with van der Waals surface area (Å²) < 4.78 is 0. The molecule has 0 aromatic heterocycles. The third kappa shape index (κ3) is 6.23. The van der Waals surface area contributed by atoms with E-state index in [9.17, 15) is 20.4 Å². The van der Waals surface area contributed by atoms with E-state index in [1.54, 1.807) is 24.3 Å². The lowest BCUT2D eigenvalue weighted by Gasteiger charge is -2.09. The molecule has 0 amide bonds. The largest absolute Gasteiger partial charge is 0.508 e. The van der Waals surface area contributed by atoms with Crippen LogP contribution in [0.1, 0.15) is 50.3 Å². The Morgan fingerprint density at radius 1 is 0.857 bits per heavy atom. The SMILES string of the molecule is CC(C)=CCC/C(C)=C/Cc1c(O)ccc(/C=C/c2cc(O)cc(O)c2)c1O. The highest BCUT2D eigenvalue weighted by atomic mass is 16.3. The second-order valence-corrected chi connectivity index (χ2v) is 7.19. The van der Waals surface area contributed by atoms with Crippen LogP contribution >= 0.6 is 0 Å². The van der Waals surface area contributed by atoms with Crippen LogP contribution < -0.4 is 0 Å². The van der Waals surface area contributed by atoms with E-state index in [1.807, 2.05) is 13.0 Å². The lowest BCUT2D eigenvalue weighted by molar-refractivity contribution is 0.440. The van der Waals surface area contributed by atoms with Gasteiger partial charge in [-0.25, -0.2) is 0 Å². The Balaban J connectivity index is 2.19. The van der Waals surface area contributed by atoms with E-state index in [1.165, 1.54) is 29.3 Å². The van der Waals surface area contributed by atoms with Crippen molar-refractivity contribution in [1.29, 1.82) is 0 Å². The van der Waals surface area contributed by atoms with Crippen LogP contribution in [0.5, 0.6) is 23.0 Å². The van der Waals surface area contributed by atoms with E-state index in [0.717, 1.165) is 12.8 Å². The number of rotatable bonds is 7. The van der Waals surface area contributed by atoms with Crippen LogP contribution in [0.2, 0.25) is 0 Å². The molecular formula is C24H28O4. The number of allylic oxidation sites excluding steroid dienone is 4. The van der Waals surface area contributed by atoms with Gasteiger partial charge in [-0.2, -0.15) is 0 Å². The van der Waals surface area contributed by atoms with Crippen LogP contribution in [-0.4, -0.2) is 20.4 Å². The summed E-state index contributed by atoms with van der Waals surface area (Å²) in [5, 5.41) is 39.8. The van der Waals surface area contributed by atoms with Gasteiger partial charge in [0.15, 0.2) is 0 Å². The number of benzene rings is 2. The van der Waals surface area contributed by atoms with Gasteiger partial charge in [-0.3, -0.25) is 0 Å². The molecule has 148 valence electrons. The molecule has 0 saturated carbocycles. The quantitative estimate of drug-likeness (QED) is 0.355. The number of phenols is 4. The molecule has 4 nitrogen and oxygen atoms in total. The van der Waals surface area contributed by atoms with Gasteiger partial charge in [0.1, 0.15) is 23.0 Å². The predicted octanol–water partition coefficient (Wildman–Crippen LogP) is 5.91. The molecule has 4 N–H and O–H groups in total. The molecule has 0 heterocycles. The Morgan fingerprint density at radius 3 is 2.18 bits per heavy atom. The fraction of sp³-hybridized carbons (Fsp3) is 0.250. The summed E-state index contributed by atoms with van der Waals surface area (Å²) in [5.41, 5.74) is 4.12. The maximum atomic E-state index is 10.6. The molecule has 2 aromatic rings. The monoisotopic (exact) mass is 380 g/mol. The fourth-order valence-electron chi connectivity index (χ4n) is 2.85. The third-order valence-electron chi connectivity index (χ3n) is 4.42. The van der Waals surface area contributed by atoms with Crippen molar-refractivity contribution in [2.45, 2.75) is 40.0 Å². The topological polar surface area (TPSA) is 80.9 Å². The number of hydrogen-bond donors (Lipinski definition) is 4. The highest BCUT2D eigenvalue weighted by Crippen LogP contribution is 2.33. The molecule has 0 bridgehead atoms. The Bertz CT molecular complexity index is 896. The first-order valence-electron chi connectivity index (χ1n) is 9.30. The van der Waals surface area contributed by atoms with Crippen LogP contribution in [0.25, 0.3) is 12.2 Å². The van der Waals surface area contributed by atoms with Gasteiger partial charge >= 0.3 is 0 Å². The maximum absolute atomic E-state index is 10.6. The normalized spacial score (nSPS) is 11.8. The van der Waals surface area contributed by atoms with E-state index >= 15 is 0 Å². The molecule has 0 radical (unpaired) electrons. The average Bonchev–Trinajstić information content (AvgIpc) is 2.59. The summed E-state index contributed by atoms with van der Waals surface area (Å²) in [5.74, 6) is -0.0000424. The minimum Gasteiger partial charge on any atom is -0.508 e. The summed E-state index contributed by atoms with van der Waals surface area (Å²) in [7, 11) is 0. The second-order valence-electron chi connectivity index (χ2n) is 7.19. The maximum Gasteiger partial charge on any atom is 0.129 e. The Kier molecular flexibility index (Phi) is 7.33. The minimum absolute atomic E-state index is 0.0222. The molecule has 28 heavy (non-hydrogen) atoms. The van der Waals surface area contributed by atoms with Gasteiger partial charge in [0.2, 0.25) is 0 Å². The van der Waals surface area contributed by atoms with E-state index in [2.05, 4.69) is 19.9 Å². The van der Waals surface area contributed by atoms with Gasteiger partial charge in [-0.15, -0.1) is 0 Å². The summed E-state index contributed by atoms with van der Waals surface area (Å²) in [4.78, 5) is 0. The van der Waals surface area contributed by atoms with Gasteiger partial charge in [0, 0.05) is 17.2 Å². The van der Waals surface area contributed by atoms with Crippen LogP contribution in [0, 0.1) is 0 Å². The standard InChI is InChI=1S/C24H28O4/c1-16(2)5-4-6-17(3)7-11-22-23(27)12-10-19(24(22)28)9-8-18-13-20(25)15-21(26)14-18/h5,7-10,12-15,25-28H,4,6,11H2,1-3H3/b9-8+,17-7+. The second kappa shape index (κ2) is 9.70. The lowest BCUT2D eigenvalue weighted by Crippen LogP contribution is -1.89. The van der Waals surface area contributed by atoms with Gasteiger partial charge < -0.3 is 20.4 Å². The highest BCUT2D eigenvalue weighted by molar-refractivity contribution is 5.75. The van der Waals surface area contributed by atoms with E-state index in [4.69, 9.17) is 0 Å². The molecule has 0 unspecified atom stereocenters. The summed E-state index contributed by atoms with van der Waals surface area (Å²) in [6.07, 6.45) is 9.92. The zero-order chi connectivity index (χ0) is 20.7. The van der Waals surface area contributed by atoms with Crippen molar-refractivity contribution in [2.75, 3.05) is 0 Å². The van der Waals surface area contributed by atoms with E-state index in [-0.39, 0.29) is 23.0 Å². The van der Waals surface area contributed by atoms with Crippen LogP contribution in [0.15, 0.2) is 53.6 Å². The first-order chi connectivity index (χ1) is 13.3. The molecule has 0 saturated heterocycles. The smallest absolute Gasteiger partial charge is 0.129 e. The molecule has 0 fully saturated rings. The van der Waals surface area contributed by atoms with Crippen molar-refractivity contribution in [3.8, 4) is 23.0 Å². The van der Waals surface area contributed by atoms with Crippen molar-refractivity contribution in [3.63, 3.8) is 0 Å². The van der Waals surface area contributed by atoms with Crippen molar-refractivity contribution >= 4 is 12.2 Å². The molecule has 2 rings (SSSR count). The predicted molar refractivity (Wildman–Crippen MR) is 115 cm³/mol. The van der Waals surface area contributed by atoms with E-state index < -0.39 is 0 Å². The molecule has 2 aromatic carbocycles. The third-order valence-corrected chi connectivity index (χ3v) is 4.42. The number of hydrogen-bond acceptors (Lipinski definition) is 4. The van der Waals surface area contributed by atoms with Crippen molar-refractivity contribution < 1.29 is 20.4 Å². The molecular weight excluding hydrogens is 352 g/mol. The van der Waals surface area contributed by atoms with Crippen molar-refractivity contribution in [1.82, 2.24) is 0 Å². The van der Waals surface area contributed by atoms with Crippen LogP contribution in [0.3, 0.4) is 0 Å². The fourth-order valence-corrected chi connectivity index (χ4v) is 2.85. The summed E-state index contributed by atoms with van der Waals surface area (Å²) >= 11 is 0. The molecule has 0 atom stereocenters. The number of aromatic hydroxyl groups is 4. The van der Waals surface area contributed by atoms with Gasteiger partial charge in [-0.05, 0) is 69.9 Å². The molecule has 0 aliphatic carbocycles. The summed E-state index contributed by atoms with van der Waals surface area (Å²) in [6, 6.07) is 7.44. The Hall–Kier alpha value is -3.14. The first kappa shape index (κ1) is 21.2. The Morgan fingerprint density at radius 2 is 1.54 bits per heavy atom. The van der Waals surface area contributed by atoms with Gasteiger partial charge in [-0.1, -0.05) is 35.5 Å². The lowest BCUT2D eigenvalue weighted by atomic mass is 10.0. The zero-order valence-corrected chi connectivity index (χ0v) is 16.6. The average molecular weight is 380 g/mol. The zero-order valence-electron chi connectivity index (χ0n) is 16.6. The summed E-state index contributed by atoms with van der Waals surface area (Å²) in [6.45, 7) is 6.20. The van der Waals surface area contributed by atoms with Crippen LogP contribution in [-0.2, 0) is 6.42 Å². The molecule has 0 spiro atoms. The van der Waals surface area contributed by atoms with E-state index in [0.29, 0.717) is 23.1 Å². The minimum atomic E-state index is -0.0380. The molecule has 0 aliphatic rings. The van der Waals surface area contributed by atoms with Crippen LogP contribution in [0.4, 0.5) is 0 Å². The van der Waals surface area contributed by atoms with Crippen molar-refractivity contribution in [2.24, 2.45) is 0 Å². The Labute approximate surface area is 166 Å². The first-order valence-corrected chi connectivity index (χ1v) is 9.30. The van der Waals surface area contributed by atoms with Gasteiger partial charge in [0.25, 0.3) is 0 Å². The molecule has 0 aliphatic heterocycles. The molecule has 4 heteroatoms. The van der Waals surface area contributed by atoms with Gasteiger partial charge in [0.05, 0.1) is 0 Å². The highest BCUT2D eigenvalue weighted by Gasteiger charge is 2.10. The van der Waals surface area contributed by atoms with Crippen molar-refractivity contribution in [3.05, 3.63) is 70.3 Å². The number of phenolic OH excluding ortho intramolecular Hbond substituents is 4.